The molecule has 2 aromatic carbocycles. The summed E-state index contributed by atoms with van der Waals surface area (Å²) in [7, 11) is 0. The number of carbonyl (C=O) groups is 1. The molecule has 2 amide bonds. The number of rotatable bonds is 2. The van der Waals surface area contributed by atoms with Gasteiger partial charge in [-0.1, -0.05) is 0 Å². The number of urea groups is 1. The molecule has 0 bridgehead atoms. The lowest BCUT2D eigenvalue weighted by atomic mass is 10.2. The van der Waals surface area contributed by atoms with E-state index in [1.807, 2.05) is 0 Å². The van der Waals surface area contributed by atoms with Crippen molar-refractivity contribution in [1.82, 2.24) is 0 Å². The highest BCUT2D eigenvalue weighted by Gasteiger charge is 2.15. The predicted molar refractivity (Wildman–Crippen MR) is 69.8 cm³/mol. The van der Waals surface area contributed by atoms with Gasteiger partial charge in [0.25, 0.3) is 0 Å². The third-order valence-electron chi connectivity index (χ3n) is 2.45. The fourth-order valence-electron chi connectivity index (χ4n) is 1.47. The zero-order chi connectivity index (χ0) is 14.7. The first-order chi connectivity index (χ1) is 9.47. The average Bonchev–Trinajstić information content (AvgIpc) is 2.42. The molecule has 0 unspecified atom stereocenters. The van der Waals surface area contributed by atoms with Gasteiger partial charge in [-0.15, -0.1) is 0 Å². The van der Waals surface area contributed by atoms with Gasteiger partial charge >= 0.3 is 6.03 Å². The number of amides is 2. The summed E-state index contributed by atoms with van der Waals surface area (Å²) >= 11 is 0. The van der Waals surface area contributed by atoms with Crippen LogP contribution in [0.25, 0.3) is 0 Å². The van der Waals surface area contributed by atoms with E-state index in [0.717, 1.165) is 12.1 Å². The number of hydrogen-bond donors (Lipinski definition) is 3. The maximum absolute atomic E-state index is 13.3. The number of nitrogen functional groups attached to an aromatic ring is 1. The fraction of sp³-hybridized carbons (Fsp3) is 0. The second kappa shape index (κ2) is 5.52. The number of benzene rings is 2. The van der Waals surface area contributed by atoms with Crippen LogP contribution in [0.3, 0.4) is 0 Å². The summed E-state index contributed by atoms with van der Waals surface area (Å²) in [5.74, 6) is -4.43. The lowest BCUT2D eigenvalue weighted by Gasteiger charge is -2.09. The van der Waals surface area contributed by atoms with Gasteiger partial charge in [-0.05, 0) is 36.4 Å². The van der Waals surface area contributed by atoms with E-state index in [4.69, 9.17) is 5.73 Å². The number of nitrogens with one attached hydrogen (secondary N) is 2. The molecule has 2 aromatic rings. The van der Waals surface area contributed by atoms with Crippen LogP contribution in [-0.2, 0) is 0 Å². The molecule has 0 aliphatic rings. The van der Waals surface area contributed by atoms with Gasteiger partial charge in [0.2, 0.25) is 0 Å². The Morgan fingerprint density at radius 2 is 1.55 bits per heavy atom. The molecule has 0 atom stereocenters. The van der Waals surface area contributed by atoms with Crippen molar-refractivity contribution in [2.45, 2.75) is 0 Å². The quantitative estimate of drug-likeness (QED) is 0.584. The van der Waals surface area contributed by atoms with Crippen molar-refractivity contribution in [3.05, 3.63) is 53.8 Å². The third kappa shape index (κ3) is 3.00. The molecule has 7 heteroatoms. The maximum Gasteiger partial charge on any atom is 0.323 e. The van der Waals surface area contributed by atoms with Gasteiger partial charge in [0.05, 0.1) is 5.69 Å². The SMILES string of the molecule is Nc1ccc(NC(=O)Nc2ccc(F)c(F)c2F)cc1. The monoisotopic (exact) mass is 281 g/mol. The summed E-state index contributed by atoms with van der Waals surface area (Å²) in [6.07, 6.45) is 0. The molecule has 0 aliphatic heterocycles. The Morgan fingerprint density at radius 1 is 0.900 bits per heavy atom. The van der Waals surface area contributed by atoms with Crippen LogP contribution in [-0.4, -0.2) is 6.03 Å². The van der Waals surface area contributed by atoms with Crippen LogP contribution in [0, 0.1) is 17.5 Å². The summed E-state index contributed by atoms with van der Waals surface area (Å²) < 4.78 is 39.0. The molecule has 0 heterocycles. The van der Waals surface area contributed by atoms with Crippen LogP contribution in [0.5, 0.6) is 0 Å². The molecule has 20 heavy (non-hydrogen) atoms. The molecule has 0 saturated carbocycles. The molecule has 0 aromatic heterocycles. The standard InChI is InChI=1S/C13H10F3N3O/c14-9-5-6-10(12(16)11(9)15)19-13(20)18-8-3-1-7(17)2-4-8/h1-6H,17H2,(H2,18,19,20). The first kappa shape index (κ1) is 13.7. The summed E-state index contributed by atoms with van der Waals surface area (Å²) in [6, 6.07) is 7.06. The topological polar surface area (TPSA) is 67.1 Å². The Bertz CT molecular complexity index is 644. The second-order valence-corrected chi connectivity index (χ2v) is 3.92. The molecule has 4 N–H and O–H groups in total. The normalized spacial score (nSPS) is 10.2. The first-order valence-corrected chi connectivity index (χ1v) is 5.54. The number of anilines is 3. The van der Waals surface area contributed by atoms with Crippen molar-refractivity contribution in [3.63, 3.8) is 0 Å². The minimum Gasteiger partial charge on any atom is -0.399 e. The Morgan fingerprint density at radius 3 is 2.20 bits per heavy atom. The highest BCUT2D eigenvalue weighted by Crippen LogP contribution is 2.20. The van der Waals surface area contributed by atoms with Gasteiger partial charge in [0, 0.05) is 11.4 Å². The Kier molecular flexibility index (Phi) is 3.79. The zero-order valence-corrected chi connectivity index (χ0v) is 10.1. The van der Waals surface area contributed by atoms with Crippen molar-refractivity contribution < 1.29 is 18.0 Å². The second-order valence-electron chi connectivity index (χ2n) is 3.92. The summed E-state index contributed by atoms with van der Waals surface area (Å²) in [4.78, 5) is 11.6. The Hall–Kier alpha value is -2.70. The lowest BCUT2D eigenvalue weighted by Crippen LogP contribution is -2.20. The van der Waals surface area contributed by atoms with E-state index in [9.17, 15) is 18.0 Å². The van der Waals surface area contributed by atoms with Gasteiger partial charge in [0.15, 0.2) is 17.5 Å². The molecule has 4 nitrogen and oxygen atoms in total. The molecule has 0 saturated heterocycles. The van der Waals surface area contributed by atoms with E-state index < -0.39 is 29.2 Å². The van der Waals surface area contributed by atoms with E-state index in [0.29, 0.717) is 11.4 Å². The summed E-state index contributed by atoms with van der Waals surface area (Å²) in [6.45, 7) is 0. The van der Waals surface area contributed by atoms with Crippen molar-refractivity contribution in [2.75, 3.05) is 16.4 Å². The van der Waals surface area contributed by atoms with Crippen LogP contribution in [0.4, 0.5) is 35.0 Å². The number of nitrogens with two attached hydrogens (primary N) is 1. The third-order valence-corrected chi connectivity index (χ3v) is 2.45. The van der Waals surface area contributed by atoms with E-state index in [1.165, 1.54) is 12.1 Å². The molecule has 104 valence electrons. The van der Waals surface area contributed by atoms with Gasteiger partial charge in [-0.3, -0.25) is 0 Å². The molecular weight excluding hydrogens is 271 g/mol. The van der Waals surface area contributed by atoms with Crippen molar-refractivity contribution in [3.8, 4) is 0 Å². The van der Waals surface area contributed by atoms with Crippen LogP contribution >= 0.6 is 0 Å². The first-order valence-electron chi connectivity index (χ1n) is 5.54. The highest BCUT2D eigenvalue weighted by atomic mass is 19.2. The fourth-order valence-corrected chi connectivity index (χ4v) is 1.47. The molecule has 2 rings (SSSR count). The van der Waals surface area contributed by atoms with Crippen molar-refractivity contribution in [1.29, 1.82) is 0 Å². The van der Waals surface area contributed by atoms with E-state index in [-0.39, 0.29) is 0 Å². The van der Waals surface area contributed by atoms with Gasteiger partial charge in [0.1, 0.15) is 0 Å². The van der Waals surface area contributed by atoms with Gasteiger partial charge in [-0.2, -0.15) is 0 Å². The maximum atomic E-state index is 13.3. The van der Waals surface area contributed by atoms with Crippen LogP contribution in [0.1, 0.15) is 0 Å². The van der Waals surface area contributed by atoms with Crippen LogP contribution in [0.15, 0.2) is 36.4 Å². The van der Waals surface area contributed by atoms with Gasteiger partial charge < -0.3 is 16.4 Å². The largest absolute Gasteiger partial charge is 0.399 e. The smallest absolute Gasteiger partial charge is 0.323 e. The number of carbonyl (C=O) groups excluding carboxylic acids is 1. The van der Waals surface area contributed by atoms with E-state index >= 15 is 0 Å². The van der Waals surface area contributed by atoms with Crippen molar-refractivity contribution >= 4 is 23.1 Å². The predicted octanol–water partition coefficient (Wildman–Crippen LogP) is 3.33. The highest BCUT2D eigenvalue weighted by molar-refractivity contribution is 5.99. The molecule has 0 radical (unpaired) electrons. The van der Waals surface area contributed by atoms with Gasteiger partial charge in [-0.25, -0.2) is 18.0 Å². The zero-order valence-electron chi connectivity index (χ0n) is 10.1. The lowest BCUT2D eigenvalue weighted by molar-refractivity contribution is 0.262. The summed E-state index contributed by atoms with van der Waals surface area (Å²) in [5, 5.41) is 4.47. The van der Waals surface area contributed by atoms with Crippen LogP contribution < -0.4 is 16.4 Å². The minimum absolute atomic E-state index is 0.416. The average molecular weight is 281 g/mol. The Labute approximate surface area is 112 Å². The minimum atomic E-state index is -1.64. The van der Waals surface area contributed by atoms with Crippen molar-refractivity contribution in [2.24, 2.45) is 0 Å². The number of hydrogen-bond acceptors (Lipinski definition) is 2. The molecule has 0 aliphatic carbocycles. The van der Waals surface area contributed by atoms with E-state index in [2.05, 4.69) is 10.6 Å². The molecule has 0 spiro atoms. The molecule has 0 fully saturated rings. The summed E-state index contributed by atoms with van der Waals surface area (Å²) in [5.41, 5.74) is 5.95. The Balaban J connectivity index is 2.08. The van der Waals surface area contributed by atoms with E-state index in [1.54, 1.807) is 12.1 Å². The number of halogens is 3. The molecular formula is C13H10F3N3O. The van der Waals surface area contributed by atoms with Crippen LogP contribution in [0.2, 0.25) is 0 Å².